The van der Waals surface area contributed by atoms with E-state index in [1.165, 1.54) is 5.56 Å². The van der Waals surface area contributed by atoms with Crippen LogP contribution in [0.1, 0.15) is 76.7 Å². The van der Waals surface area contributed by atoms with Crippen molar-refractivity contribution in [2.75, 3.05) is 5.32 Å². The number of hydrogen-bond acceptors (Lipinski definition) is 2. The first-order valence-corrected chi connectivity index (χ1v) is 9.69. The van der Waals surface area contributed by atoms with Gasteiger partial charge in [-0.25, -0.2) is 0 Å². The SMILES string of the molecule is CC(C)c1ccc(NC(=O)C2(CC(=O)NC3CC3)CCCCC2)cc1. The van der Waals surface area contributed by atoms with E-state index in [9.17, 15) is 9.59 Å². The maximum absolute atomic E-state index is 13.1. The third kappa shape index (κ3) is 4.62. The molecule has 0 aliphatic heterocycles. The summed E-state index contributed by atoms with van der Waals surface area (Å²) >= 11 is 0. The first-order chi connectivity index (χ1) is 12.0. The molecule has 0 heterocycles. The molecular formula is C21H30N2O2. The van der Waals surface area contributed by atoms with Crippen molar-refractivity contribution in [3.8, 4) is 0 Å². The molecule has 0 radical (unpaired) electrons. The maximum Gasteiger partial charge on any atom is 0.231 e. The summed E-state index contributed by atoms with van der Waals surface area (Å²) in [5, 5.41) is 6.12. The number of carbonyl (C=O) groups excluding carboxylic acids is 2. The summed E-state index contributed by atoms with van der Waals surface area (Å²) in [4.78, 5) is 25.4. The van der Waals surface area contributed by atoms with Crippen molar-refractivity contribution in [2.24, 2.45) is 5.41 Å². The van der Waals surface area contributed by atoms with Crippen LogP contribution in [0.3, 0.4) is 0 Å². The Morgan fingerprint density at radius 3 is 2.28 bits per heavy atom. The molecule has 1 aromatic carbocycles. The molecule has 2 saturated carbocycles. The number of carbonyl (C=O) groups is 2. The first-order valence-electron chi connectivity index (χ1n) is 9.69. The van der Waals surface area contributed by atoms with Crippen LogP contribution in [0.5, 0.6) is 0 Å². The quantitative estimate of drug-likeness (QED) is 0.806. The number of nitrogens with one attached hydrogen (secondary N) is 2. The molecule has 2 fully saturated rings. The summed E-state index contributed by atoms with van der Waals surface area (Å²) in [5.74, 6) is 0.519. The fraction of sp³-hybridized carbons (Fsp3) is 0.619. The monoisotopic (exact) mass is 342 g/mol. The minimum Gasteiger partial charge on any atom is -0.353 e. The van der Waals surface area contributed by atoms with Crippen LogP contribution < -0.4 is 10.6 Å². The van der Waals surface area contributed by atoms with Gasteiger partial charge in [-0.1, -0.05) is 45.2 Å². The number of amides is 2. The molecule has 25 heavy (non-hydrogen) atoms. The zero-order valence-electron chi connectivity index (χ0n) is 15.4. The van der Waals surface area contributed by atoms with Crippen LogP contribution in [0.4, 0.5) is 5.69 Å². The van der Waals surface area contributed by atoms with Gasteiger partial charge >= 0.3 is 0 Å². The summed E-state index contributed by atoms with van der Waals surface area (Å²) in [7, 11) is 0. The van der Waals surface area contributed by atoms with Crippen LogP contribution in [-0.4, -0.2) is 17.9 Å². The average molecular weight is 342 g/mol. The molecule has 4 heteroatoms. The van der Waals surface area contributed by atoms with E-state index in [4.69, 9.17) is 0 Å². The lowest BCUT2D eigenvalue weighted by Crippen LogP contribution is -2.42. The van der Waals surface area contributed by atoms with Crippen molar-refractivity contribution in [1.29, 1.82) is 0 Å². The summed E-state index contributed by atoms with van der Waals surface area (Å²) in [5.41, 5.74) is 1.53. The molecule has 0 saturated heterocycles. The van der Waals surface area contributed by atoms with Gasteiger partial charge < -0.3 is 10.6 Å². The Morgan fingerprint density at radius 1 is 1.08 bits per heavy atom. The van der Waals surface area contributed by atoms with E-state index in [0.717, 1.165) is 50.6 Å². The molecule has 0 aromatic heterocycles. The molecule has 0 bridgehead atoms. The van der Waals surface area contributed by atoms with Crippen molar-refractivity contribution in [2.45, 2.75) is 77.2 Å². The Morgan fingerprint density at radius 2 is 1.72 bits per heavy atom. The third-order valence-electron chi connectivity index (χ3n) is 5.57. The minimum atomic E-state index is -0.548. The Kier molecular flexibility index (Phi) is 5.45. The van der Waals surface area contributed by atoms with Gasteiger partial charge in [-0.05, 0) is 49.3 Å². The number of rotatable bonds is 6. The highest BCUT2D eigenvalue weighted by molar-refractivity contribution is 5.98. The number of benzene rings is 1. The lowest BCUT2D eigenvalue weighted by Gasteiger charge is -2.35. The van der Waals surface area contributed by atoms with Crippen molar-refractivity contribution < 1.29 is 9.59 Å². The lowest BCUT2D eigenvalue weighted by atomic mass is 9.70. The fourth-order valence-electron chi connectivity index (χ4n) is 3.74. The standard InChI is InChI=1S/C21H30N2O2/c1-15(2)16-6-8-18(9-7-16)23-20(25)21(12-4-3-5-13-21)14-19(24)22-17-10-11-17/h6-9,15,17H,3-5,10-14H2,1-2H3,(H,22,24)(H,23,25). The number of anilines is 1. The smallest absolute Gasteiger partial charge is 0.231 e. The van der Waals surface area contributed by atoms with Crippen molar-refractivity contribution in [3.05, 3.63) is 29.8 Å². The van der Waals surface area contributed by atoms with E-state index in [1.54, 1.807) is 0 Å². The molecule has 3 rings (SSSR count). The van der Waals surface area contributed by atoms with E-state index < -0.39 is 5.41 Å². The highest BCUT2D eigenvalue weighted by Gasteiger charge is 2.42. The van der Waals surface area contributed by atoms with E-state index in [0.29, 0.717) is 18.4 Å². The second-order valence-corrected chi connectivity index (χ2v) is 8.09. The average Bonchev–Trinajstić information content (AvgIpc) is 3.40. The minimum absolute atomic E-state index is 0.00967. The molecule has 1 aromatic rings. The van der Waals surface area contributed by atoms with E-state index >= 15 is 0 Å². The van der Waals surface area contributed by atoms with Gasteiger partial charge in [0.25, 0.3) is 0 Å². The Hall–Kier alpha value is -1.84. The normalized spacial score (nSPS) is 19.5. The molecule has 2 aliphatic carbocycles. The Balaban J connectivity index is 1.68. The molecule has 0 spiro atoms. The predicted molar refractivity (Wildman–Crippen MR) is 100 cm³/mol. The van der Waals surface area contributed by atoms with E-state index in [-0.39, 0.29) is 11.8 Å². The van der Waals surface area contributed by atoms with Gasteiger partial charge in [0, 0.05) is 18.2 Å². The molecule has 136 valence electrons. The Labute approximate surface area is 150 Å². The van der Waals surface area contributed by atoms with Crippen LogP contribution in [0.25, 0.3) is 0 Å². The van der Waals surface area contributed by atoms with Gasteiger partial charge in [0.05, 0.1) is 5.41 Å². The summed E-state index contributed by atoms with van der Waals surface area (Å²) < 4.78 is 0. The van der Waals surface area contributed by atoms with Gasteiger partial charge in [-0.3, -0.25) is 9.59 Å². The van der Waals surface area contributed by atoms with Gasteiger partial charge in [-0.15, -0.1) is 0 Å². The molecule has 0 atom stereocenters. The van der Waals surface area contributed by atoms with Gasteiger partial charge in [0.2, 0.25) is 11.8 Å². The van der Waals surface area contributed by atoms with Crippen LogP contribution in [0, 0.1) is 5.41 Å². The highest BCUT2D eigenvalue weighted by atomic mass is 16.2. The molecule has 2 amide bonds. The van der Waals surface area contributed by atoms with Crippen molar-refractivity contribution in [3.63, 3.8) is 0 Å². The van der Waals surface area contributed by atoms with Crippen LogP contribution in [0.15, 0.2) is 24.3 Å². The number of hydrogen-bond donors (Lipinski definition) is 2. The predicted octanol–water partition coefficient (Wildman–Crippen LogP) is 4.37. The maximum atomic E-state index is 13.1. The van der Waals surface area contributed by atoms with Crippen molar-refractivity contribution >= 4 is 17.5 Å². The molecule has 2 N–H and O–H groups in total. The largest absolute Gasteiger partial charge is 0.353 e. The summed E-state index contributed by atoms with van der Waals surface area (Å²) in [6, 6.07) is 8.41. The highest BCUT2D eigenvalue weighted by Crippen LogP contribution is 2.40. The van der Waals surface area contributed by atoms with Crippen molar-refractivity contribution in [1.82, 2.24) is 5.32 Å². The van der Waals surface area contributed by atoms with Crippen LogP contribution in [-0.2, 0) is 9.59 Å². The fourth-order valence-corrected chi connectivity index (χ4v) is 3.74. The third-order valence-corrected chi connectivity index (χ3v) is 5.57. The van der Waals surface area contributed by atoms with E-state index in [2.05, 4.69) is 36.6 Å². The molecule has 2 aliphatic rings. The molecule has 0 unspecified atom stereocenters. The van der Waals surface area contributed by atoms with Crippen LogP contribution in [0.2, 0.25) is 0 Å². The van der Waals surface area contributed by atoms with Gasteiger partial charge in [0.1, 0.15) is 0 Å². The molecule has 4 nitrogen and oxygen atoms in total. The molecular weight excluding hydrogens is 312 g/mol. The second-order valence-electron chi connectivity index (χ2n) is 8.09. The summed E-state index contributed by atoms with van der Waals surface area (Å²) in [6.07, 6.45) is 7.29. The topological polar surface area (TPSA) is 58.2 Å². The lowest BCUT2D eigenvalue weighted by molar-refractivity contribution is -0.134. The Bertz CT molecular complexity index is 611. The van der Waals surface area contributed by atoms with E-state index in [1.807, 2.05) is 12.1 Å². The summed E-state index contributed by atoms with van der Waals surface area (Å²) in [6.45, 7) is 4.31. The van der Waals surface area contributed by atoms with Gasteiger partial charge in [-0.2, -0.15) is 0 Å². The van der Waals surface area contributed by atoms with Crippen LogP contribution >= 0.6 is 0 Å². The van der Waals surface area contributed by atoms with Gasteiger partial charge in [0.15, 0.2) is 0 Å². The zero-order valence-corrected chi connectivity index (χ0v) is 15.4. The first kappa shape index (κ1) is 18.0. The zero-order chi connectivity index (χ0) is 17.9. The second kappa shape index (κ2) is 7.59.